The highest BCUT2D eigenvalue weighted by Gasteiger charge is 2.65. The maximum atomic E-state index is 13.1. The number of hydrogen-bond acceptors (Lipinski definition) is 8. The average Bonchev–Trinajstić information content (AvgIpc) is 3.12. The third-order valence-corrected chi connectivity index (χ3v) is 7.34. The van der Waals surface area contributed by atoms with Gasteiger partial charge in [-0.15, -0.1) is 0 Å². The van der Waals surface area contributed by atoms with Crippen LogP contribution < -0.4 is 9.80 Å². The Morgan fingerprint density at radius 3 is 2.55 bits per heavy atom. The van der Waals surface area contributed by atoms with Crippen molar-refractivity contribution in [3.05, 3.63) is 59.4 Å². The van der Waals surface area contributed by atoms with Crippen molar-refractivity contribution in [3.8, 4) is 0 Å². The molecule has 3 aliphatic rings. The van der Waals surface area contributed by atoms with Gasteiger partial charge in [0.2, 0.25) is 0 Å². The summed E-state index contributed by atoms with van der Waals surface area (Å²) in [5, 5.41) is 42.7. The largest absolute Gasteiger partial charge is 0.343 e. The Bertz CT molecular complexity index is 1070. The van der Waals surface area contributed by atoms with Gasteiger partial charge in [0.1, 0.15) is 5.82 Å². The van der Waals surface area contributed by atoms with Gasteiger partial charge in [-0.3, -0.25) is 4.79 Å². The summed E-state index contributed by atoms with van der Waals surface area (Å²) in [6.07, 6.45) is 1.63. The number of nitrogens with zero attached hydrogens (tertiary/aromatic N) is 3. The van der Waals surface area contributed by atoms with Crippen molar-refractivity contribution in [2.24, 2.45) is 0 Å². The van der Waals surface area contributed by atoms with Gasteiger partial charge < -0.3 is 35.1 Å². The third kappa shape index (κ3) is 3.34. The van der Waals surface area contributed by atoms with Crippen LogP contribution in [0.1, 0.15) is 41.1 Å². The Morgan fingerprint density at radius 2 is 1.82 bits per heavy atom. The highest BCUT2D eigenvalue weighted by Crippen LogP contribution is 2.56. The van der Waals surface area contributed by atoms with E-state index in [0.717, 1.165) is 10.5 Å². The molecule has 2 atom stereocenters. The zero-order valence-electron chi connectivity index (χ0n) is 18.4. The van der Waals surface area contributed by atoms with Crippen molar-refractivity contribution < 1.29 is 29.6 Å². The van der Waals surface area contributed by atoms with Gasteiger partial charge in [0.25, 0.3) is 0 Å². The molecule has 0 bridgehead atoms. The average molecular weight is 458 g/mol. The number of piperidine rings is 1. The lowest BCUT2D eigenvalue weighted by Crippen LogP contribution is -2.75. The number of likely N-dealkylation sites (N-methyl/N-ethyl adjacent to an activating group) is 1. The van der Waals surface area contributed by atoms with Gasteiger partial charge in [0.15, 0.2) is 5.78 Å². The summed E-state index contributed by atoms with van der Waals surface area (Å²) in [6, 6.07) is 10.8. The van der Waals surface area contributed by atoms with Crippen molar-refractivity contribution in [2.75, 3.05) is 36.5 Å². The molecule has 3 aliphatic heterocycles. The van der Waals surface area contributed by atoms with Gasteiger partial charge in [0.05, 0.1) is 11.4 Å². The number of Topliss-reactive ketones (excluding diaryl/α,β-unsaturated/α-hetero) is 1. The first kappa shape index (κ1) is 22.2. The van der Waals surface area contributed by atoms with Gasteiger partial charge in [-0.1, -0.05) is 12.1 Å². The number of rotatable bonds is 5. The van der Waals surface area contributed by atoms with Crippen LogP contribution in [0.2, 0.25) is 0 Å². The summed E-state index contributed by atoms with van der Waals surface area (Å²) in [7, 11) is 1.42. The first-order chi connectivity index (χ1) is 15.6. The Hall–Kier alpha value is -2.56. The predicted molar refractivity (Wildman–Crippen MR) is 119 cm³/mol. The fraction of sp³-hybridized carbons (Fsp3) is 0.458. The molecule has 3 heterocycles. The summed E-state index contributed by atoms with van der Waals surface area (Å²) in [6.45, 7) is 2.05. The van der Waals surface area contributed by atoms with Crippen molar-refractivity contribution >= 4 is 17.2 Å². The Morgan fingerprint density at radius 1 is 1.09 bits per heavy atom. The Labute approximate surface area is 191 Å². The summed E-state index contributed by atoms with van der Waals surface area (Å²) in [5.41, 5.74) is 2.60. The molecule has 1 fully saturated rings. The van der Waals surface area contributed by atoms with Crippen molar-refractivity contribution in [1.82, 2.24) is 4.90 Å². The Kier molecular flexibility index (Phi) is 5.22. The van der Waals surface area contributed by atoms with E-state index in [0.29, 0.717) is 55.8 Å². The number of halogens is 1. The molecule has 9 heteroatoms. The molecule has 2 unspecified atom stereocenters. The van der Waals surface area contributed by atoms with Gasteiger partial charge in [-0.2, -0.15) is 0 Å². The normalized spacial score (nSPS) is 25.0. The first-order valence-electron chi connectivity index (χ1n) is 11.2. The quantitative estimate of drug-likeness (QED) is 0.392. The predicted octanol–water partition coefficient (Wildman–Crippen LogP) is 1.19. The van der Waals surface area contributed by atoms with Crippen LogP contribution in [-0.2, 0) is 0 Å². The molecule has 4 N–H and O–H groups in total. The lowest BCUT2D eigenvalue weighted by Gasteiger charge is -2.53. The summed E-state index contributed by atoms with van der Waals surface area (Å²) >= 11 is 0. The Balaban J connectivity index is 1.30. The number of fused-ring (bicyclic) bond motifs is 3. The third-order valence-electron chi connectivity index (χ3n) is 7.34. The molecule has 5 rings (SSSR count). The molecule has 0 aliphatic carbocycles. The summed E-state index contributed by atoms with van der Waals surface area (Å²) in [4.78, 5) is 17.1. The lowest BCUT2D eigenvalue weighted by atomic mass is 9.88. The number of hydrogen-bond donors (Lipinski definition) is 4. The molecule has 8 nitrogen and oxygen atoms in total. The van der Waals surface area contributed by atoms with E-state index in [1.807, 2.05) is 12.1 Å². The second-order valence-corrected chi connectivity index (χ2v) is 9.21. The van der Waals surface area contributed by atoms with Crippen LogP contribution in [0.15, 0.2) is 42.5 Å². The van der Waals surface area contributed by atoms with E-state index in [-0.39, 0.29) is 23.6 Å². The minimum atomic E-state index is -2.87. The van der Waals surface area contributed by atoms with E-state index in [2.05, 4.69) is 4.90 Å². The molecule has 33 heavy (non-hydrogen) atoms. The van der Waals surface area contributed by atoms with Crippen LogP contribution in [0.5, 0.6) is 0 Å². The van der Waals surface area contributed by atoms with Gasteiger partial charge in [-0.05, 0) is 55.3 Å². The number of ketones is 1. The van der Waals surface area contributed by atoms with Crippen molar-refractivity contribution in [3.63, 3.8) is 0 Å². The molecule has 0 saturated carbocycles. The fourth-order valence-corrected chi connectivity index (χ4v) is 5.56. The molecule has 0 amide bonds. The number of para-hydroxylation sites is 1. The zero-order chi connectivity index (χ0) is 23.5. The number of benzene rings is 2. The maximum Gasteiger partial charge on any atom is 0.326 e. The highest BCUT2D eigenvalue weighted by molar-refractivity contribution is 5.96. The van der Waals surface area contributed by atoms with Crippen LogP contribution in [-0.4, -0.2) is 75.7 Å². The number of anilines is 2. The van der Waals surface area contributed by atoms with Crippen molar-refractivity contribution in [2.45, 2.75) is 43.0 Å². The minimum Gasteiger partial charge on any atom is -0.343 e. The van der Waals surface area contributed by atoms with Crippen LogP contribution in [0.25, 0.3) is 0 Å². The zero-order valence-corrected chi connectivity index (χ0v) is 18.4. The minimum absolute atomic E-state index is 0.0200. The fourth-order valence-electron chi connectivity index (χ4n) is 5.56. The second kappa shape index (κ2) is 7.75. The van der Waals surface area contributed by atoms with Gasteiger partial charge >= 0.3 is 11.8 Å². The molecule has 0 radical (unpaired) electrons. The number of aliphatic hydroxyl groups is 4. The molecule has 2 aromatic carbocycles. The molecule has 2 aromatic rings. The van der Waals surface area contributed by atoms with E-state index in [1.165, 1.54) is 36.2 Å². The van der Waals surface area contributed by atoms with Crippen LogP contribution >= 0.6 is 0 Å². The number of carbonyl (C=O) groups is 1. The summed E-state index contributed by atoms with van der Waals surface area (Å²) < 4.78 is 13.1. The molecule has 0 spiro atoms. The molecule has 176 valence electrons. The van der Waals surface area contributed by atoms with Gasteiger partial charge in [-0.25, -0.2) is 4.39 Å². The first-order valence-corrected chi connectivity index (χ1v) is 11.2. The van der Waals surface area contributed by atoms with E-state index in [1.54, 1.807) is 6.07 Å². The van der Waals surface area contributed by atoms with Crippen LogP contribution in [0.3, 0.4) is 0 Å². The lowest BCUT2D eigenvalue weighted by molar-refractivity contribution is -0.358. The maximum absolute atomic E-state index is 13.1. The van der Waals surface area contributed by atoms with E-state index in [9.17, 15) is 29.6 Å². The number of likely N-dealkylation sites (tertiary alicyclic amines) is 1. The second-order valence-electron chi connectivity index (χ2n) is 9.21. The summed E-state index contributed by atoms with van der Waals surface area (Å²) in [5.74, 6) is -6.16. The highest BCUT2D eigenvalue weighted by atomic mass is 19.1. The van der Waals surface area contributed by atoms with Crippen LogP contribution in [0, 0.1) is 5.82 Å². The van der Waals surface area contributed by atoms with Crippen LogP contribution in [0.4, 0.5) is 15.8 Å². The van der Waals surface area contributed by atoms with Gasteiger partial charge in [0, 0.05) is 44.1 Å². The number of carbonyl (C=O) groups excluding carboxylic acids is 1. The molecule has 1 saturated heterocycles. The molecular formula is C24H28FN3O5. The topological polar surface area (TPSA) is 108 Å². The molecule has 0 aromatic heterocycles. The monoisotopic (exact) mass is 457 g/mol. The van der Waals surface area contributed by atoms with E-state index in [4.69, 9.17) is 0 Å². The van der Waals surface area contributed by atoms with Crippen molar-refractivity contribution in [1.29, 1.82) is 0 Å². The SMILES string of the molecule is CN1c2cccc3c2N(C2CCN(CCCC(=O)c4ccc(F)cc4)CC32)C(O)(O)C1(O)O. The standard InChI is InChI=1S/C24H28FN3O5/c1-26-20-5-2-4-17-18-14-27(12-3-6-21(29)15-7-9-16(25)10-8-15)13-11-19(18)28(22(17)20)24(32,33)23(26,30)31/h2,4-5,7-10,18-19,30-33H,3,6,11-14H2,1H3. The van der Waals surface area contributed by atoms with E-state index < -0.39 is 11.8 Å². The molecular weight excluding hydrogens is 429 g/mol. The smallest absolute Gasteiger partial charge is 0.326 e. The van der Waals surface area contributed by atoms with E-state index >= 15 is 0 Å².